The molecule has 3 N–H and O–H groups in total. The van der Waals surface area contributed by atoms with Gasteiger partial charge in [0.05, 0.1) is 13.2 Å². The van der Waals surface area contributed by atoms with Crippen LogP contribution in [0.3, 0.4) is 0 Å². The lowest BCUT2D eigenvalue weighted by Gasteiger charge is -2.07. The summed E-state index contributed by atoms with van der Waals surface area (Å²) in [7, 11) is 1.71. The van der Waals surface area contributed by atoms with Gasteiger partial charge in [0, 0.05) is 18.1 Å². The van der Waals surface area contributed by atoms with Gasteiger partial charge in [0.15, 0.2) is 0 Å². The molecule has 0 unspecified atom stereocenters. The molecule has 1 aromatic rings. The van der Waals surface area contributed by atoms with Crippen LogP contribution in [0.2, 0.25) is 0 Å². The lowest BCUT2D eigenvalue weighted by atomic mass is 10.3. The van der Waals surface area contributed by atoms with E-state index in [0.717, 1.165) is 42.9 Å². The summed E-state index contributed by atoms with van der Waals surface area (Å²) in [6, 6.07) is 7.89. The van der Waals surface area contributed by atoms with Crippen LogP contribution in [0.5, 0.6) is 5.75 Å². The van der Waals surface area contributed by atoms with Gasteiger partial charge in [-0.15, -0.1) is 0 Å². The molecule has 1 rings (SSSR count). The fraction of sp³-hybridized carbons (Fsp3) is 0.429. The van der Waals surface area contributed by atoms with Gasteiger partial charge in [0.2, 0.25) is 0 Å². The van der Waals surface area contributed by atoms with E-state index in [9.17, 15) is 0 Å². The van der Waals surface area contributed by atoms with E-state index in [2.05, 4.69) is 21.2 Å². The summed E-state index contributed by atoms with van der Waals surface area (Å²) < 4.78 is 11.6. The van der Waals surface area contributed by atoms with E-state index in [1.54, 1.807) is 7.11 Å². The Balaban J connectivity index is 0.000000626. The summed E-state index contributed by atoms with van der Waals surface area (Å²) in [4.78, 5) is 18.2. The average Bonchev–Trinajstić information content (AvgIpc) is 2.47. The number of ether oxygens (including phenoxy) is 2. The van der Waals surface area contributed by atoms with Crippen LogP contribution in [0.1, 0.15) is 6.42 Å². The van der Waals surface area contributed by atoms with E-state index in [4.69, 9.17) is 29.3 Å². The van der Waals surface area contributed by atoms with Crippen molar-refractivity contribution in [2.24, 2.45) is 0 Å². The molecule has 0 radical (unpaired) electrons. The lowest BCUT2D eigenvalue weighted by Crippen LogP contribution is -2.21. The lowest BCUT2D eigenvalue weighted by molar-refractivity contribution is -0.159. The number of methoxy groups -OCH3 is 1. The fourth-order valence-electron chi connectivity index (χ4n) is 1.24. The van der Waals surface area contributed by atoms with Crippen molar-refractivity contribution in [2.75, 3.05) is 33.4 Å². The van der Waals surface area contributed by atoms with Crippen LogP contribution in [-0.4, -0.2) is 55.6 Å². The number of carbonyl (C=O) groups is 2. The molecular formula is C14H20BrNO6. The molecule has 0 atom stereocenters. The molecule has 0 aromatic heterocycles. The first-order valence-electron chi connectivity index (χ1n) is 6.51. The van der Waals surface area contributed by atoms with Crippen LogP contribution >= 0.6 is 15.9 Å². The maximum atomic E-state index is 9.10. The van der Waals surface area contributed by atoms with E-state index in [1.165, 1.54) is 0 Å². The van der Waals surface area contributed by atoms with Crippen LogP contribution in [0.4, 0.5) is 0 Å². The Labute approximate surface area is 137 Å². The zero-order valence-corrected chi connectivity index (χ0v) is 13.8. The van der Waals surface area contributed by atoms with Crippen LogP contribution in [0.15, 0.2) is 28.7 Å². The van der Waals surface area contributed by atoms with Crippen LogP contribution in [0.25, 0.3) is 0 Å². The monoisotopic (exact) mass is 377 g/mol. The molecule has 8 heteroatoms. The summed E-state index contributed by atoms with van der Waals surface area (Å²) in [6.07, 6.45) is 0.996. The van der Waals surface area contributed by atoms with Crippen LogP contribution in [0, 0.1) is 0 Å². The molecule has 0 fully saturated rings. The Bertz CT molecular complexity index is 443. The van der Waals surface area contributed by atoms with E-state index in [0.29, 0.717) is 0 Å². The molecule has 0 aliphatic rings. The molecule has 22 heavy (non-hydrogen) atoms. The number of carboxylic acid groups (broad SMARTS) is 2. The highest BCUT2D eigenvalue weighted by Gasteiger charge is 2.04. The number of rotatable bonds is 8. The highest BCUT2D eigenvalue weighted by atomic mass is 79.9. The third-order valence-corrected chi connectivity index (χ3v) is 2.72. The normalized spacial score (nSPS) is 9.55. The zero-order valence-electron chi connectivity index (χ0n) is 12.3. The Morgan fingerprint density at radius 1 is 1.18 bits per heavy atom. The van der Waals surface area contributed by atoms with Crippen molar-refractivity contribution >= 4 is 27.9 Å². The molecule has 0 amide bonds. The zero-order chi connectivity index (χ0) is 16.8. The minimum absolute atomic E-state index is 0.733. The van der Waals surface area contributed by atoms with Crippen molar-refractivity contribution in [1.82, 2.24) is 5.32 Å². The predicted octanol–water partition coefficient (Wildman–Crippen LogP) is 1.61. The van der Waals surface area contributed by atoms with Gasteiger partial charge in [-0.25, -0.2) is 9.59 Å². The van der Waals surface area contributed by atoms with Crippen molar-refractivity contribution in [3.8, 4) is 5.75 Å². The minimum Gasteiger partial charge on any atom is -0.494 e. The van der Waals surface area contributed by atoms with Crippen LogP contribution < -0.4 is 10.1 Å². The number of halogens is 1. The van der Waals surface area contributed by atoms with Crippen LogP contribution in [-0.2, 0) is 14.3 Å². The van der Waals surface area contributed by atoms with Gasteiger partial charge in [-0.2, -0.15) is 0 Å². The van der Waals surface area contributed by atoms with E-state index in [-0.39, 0.29) is 0 Å². The smallest absolute Gasteiger partial charge is 0.414 e. The molecule has 0 aliphatic heterocycles. The second-order valence-electron chi connectivity index (χ2n) is 4.01. The summed E-state index contributed by atoms with van der Waals surface area (Å²) in [5.41, 5.74) is 0. The van der Waals surface area contributed by atoms with Crippen molar-refractivity contribution in [3.63, 3.8) is 0 Å². The molecule has 124 valence electrons. The number of hydrogen-bond acceptors (Lipinski definition) is 5. The maximum absolute atomic E-state index is 9.10. The van der Waals surface area contributed by atoms with Gasteiger partial charge in [-0.3, -0.25) is 0 Å². The summed E-state index contributed by atoms with van der Waals surface area (Å²) >= 11 is 3.41. The summed E-state index contributed by atoms with van der Waals surface area (Å²) in [5.74, 6) is -2.74. The highest BCUT2D eigenvalue weighted by Crippen LogP contribution is 2.17. The first-order valence-corrected chi connectivity index (χ1v) is 7.31. The third kappa shape index (κ3) is 12.1. The highest BCUT2D eigenvalue weighted by molar-refractivity contribution is 9.10. The predicted molar refractivity (Wildman–Crippen MR) is 84.3 cm³/mol. The fourth-order valence-corrected chi connectivity index (χ4v) is 1.62. The molecule has 1 aromatic carbocycles. The van der Waals surface area contributed by atoms with Gasteiger partial charge in [-0.05, 0) is 31.2 Å². The third-order valence-electron chi connectivity index (χ3n) is 2.23. The Morgan fingerprint density at radius 3 is 2.41 bits per heavy atom. The SMILES string of the molecule is COCCNCCCOc1cccc(Br)c1.O=C(O)C(=O)O. The number of carboxylic acids is 2. The van der Waals surface area contributed by atoms with Gasteiger partial charge < -0.3 is 25.0 Å². The minimum atomic E-state index is -1.82. The molecule has 0 aliphatic carbocycles. The second-order valence-corrected chi connectivity index (χ2v) is 4.93. The number of hydrogen-bond donors (Lipinski definition) is 3. The largest absolute Gasteiger partial charge is 0.494 e. The van der Waals surface area contributed by atoms with E-state index in [1.807, 2.05) is 24.3 Å². The first-order chi connectivity index (χ1) is 10.5. The maximum Gasteiger partial charge on any atom is 0.414 e. The molecule has 0 spiro atoms. The Hall–Kier alpha value is -1.64. The molecule has 0 heterocycles. The van der Waals surface area contributed by atoms with E-state index >= 15 is 0 Å². The van der Waals surface area contributed by atoms with E-state index < -0.39 is 11.9 Å². The first kappa shape index (κ1) is 20.4. The Kier molecular flexibility index (Phi) is 12.1. The average molecular weight is 378 g/mol. The number of aliphatic carboxylic acids is 2. The summed E-state index contributed by atoms with van der Waals surface area (Å²) in [5, 5.41) is 18.1. The molecular weight excluding hydrogens is 358 g/mol. The molecule has 0 bridgehead atoms. The number of nitrogens with one attached hydrogen (secondary N) is 1. The van der Waals surface area contributed by atoms with Gasteiger partial charge in [-0.1, -0.05) is 22.0 Å². The molecule has 7 nitrogen and oxygen atoms in total. The van der Waals surface area contributed by atoms with Crippen molar-refractivity contribution in [3.05, 3.63) is 28.7 Å². The van der Waals surface area contributed by atoms with Gasteiger partial charge in [0.1, 0.15) is 5.75 Å². The van der Waals surface area contributed by atoms with Crippen molar-refractivity contribution in [2.45, 2.75) is 6.42 Å². The molecule has 0 saturated carbocycles. The molecule has 0 saturated heterocycles. The standard InChI is InChI=1S/C12H18BrNO2.C2H2O4/c1-15-9-7-14-6-3-8-16-12-5-2-4-11(13)10-12;3-1(4)2(5)6/h2,4-5,10,14H,3,6-9H2,1H3;(H,3,4)(H,5,6). The van der Waals surface area contributed by atoms with Gasteiger partial charge >= 0.3 is 11.9 Å². The van der Waals surface area contributed by atoms with Crippen molar-refractivity contribution in [1.29, 1.82) is 0 Å². The summed E-state index contributed by atoms with van der Waals surface area (Å²) in [6.45, 7) is 3.34. The van der Waals surface area contributed by atoms with Crippen molar-refractivity contribution < 1.29 is 29.3 Å². The topological polar surface area (TPSA) is 105 Å². The second kappa shape index (κ2) is 13.1. The quantitative estimate of drug-likeness (QED) is 0.466. The number of benzene rings is 1. The van der Waals surface area contributed by atoms with Gasteiger partial charge in [0.25, 0.3) is 0 Å². The Morgan fingerprint density at radius 2 is 1.86 bits per heavy atom.